The van der Waals surface area contributed by atoms with E-state index in [4.69, 9.17) is 0 Å². The maximum absolute atomic E-state index is 11.5. The van der Waals surface area contributed by atoms with Crippen LogP contribution in [0.15, 0.2) is 0 Å². The normalized spacial score (nSPS) is 29.6. The highest BCUT2D eigenvalue weighted by Crippen LogP contribution is 2.24. The van der Waals surface area contributed by atoms with E-state index < -0.39 is 0 Å². The number of carbonyl (C=O) groups is 1. The van der Waals surface area contributed by atoms with Gasteiger partial charge in [-0.1, -0.05) is 0 Å². The second-order valence-corrected chi connectivity index (χ2v) is 3.43. The zero-order valence-electron chi connectivity index (χ0n) is 6.65. The van der Waals surface area contributed by atoms with Crippen molar-refractivity contribution in [1.82, 2.24) is 10.6 Å². The molecule has 0 aromatic carbocycles. The van der Waals surface area contributed by atoms with E-state index >= 15 is 0 Å². The fourth-order valence-corrected chi connectivity index (χ4v) is 2.06. The van der Waals surface area contributed by atoms with Crippen LogP contribution in [0, 0.1) is 0 Å². The van der Waals surface area contributed by atoms with Crippen LogP contribution >= 0.6 is 0 Å². The zero-order valence-corrected chi connectivity index (χ0v) is 6.65. The fraction of sp³-hybridized carbons (Fsp3) is 0.875. The van der Waals surface area contributed by atoms with Crippen molar-refractivity contribution in [3.8, 4) is 0 Å². The Morgan fingerprint density at radius 1 is 1.18 bits per heavy atom. The lowest BCUT2D eigenvalue weighted by Crippen LogP contribution is -2.52. The van der Waals surface area contributed by atoms with Crippen molar-refractivity contribution in [3.63, 3.8) is 0 Å². The number of piperidine rings is 1. The zero-order chi connectivity index (χ0) is 7.73. The number of hydrogen-bond donors (Lipinski definition) is 2. The Balaban J connectivity index is 2.12. The second-order valence-electron chi connectivity index (χ2n) is 3.43. The first-order chi connectivity index (χ1) is 5.33. The van der Waals surface area contributed by atoms with Crippen LogP contribution in [0.1, 0.15) is 19.3 Å². The molecule has 2 heterocycles. The minimum absolute atomic E-state index is 0.120. The van der Waals surface area contributed by atoms with Crippen molar-refractivity contribution >= 4 is 5.78 Å². The monoisotopic (exact) mass is 154 g/mol. The number of hydrogen-bond acceptors (Lipinski definition) is 3. The second kappa shape index (κ2) is 2.57. The molecular weight excluding hydrogens is 140 g/mol. The number of ketones is 1. The lowest BCUT2D eigenvalue weighted by atomic mass is 9.86. The molecule has 1 spiro atoms. The van der Waals surface area contributed by atoms with Gasteiger partial charge in [-0.15, -0.1) is 0 Å². The lowest BCUT2D eigenvalue weighted by Gasteiger charge is -2.32. The van der Waals surface area contributed by atoms with Crippen LogP contribution in [0.2, 0.25) is 0 Å². The van der Waals surface area contributed by atoms with Crippen LogP contribution in [0.3, 0.4) is 0 Å². The van der Waals surface area contributed by atoms with E-state index in [2.05, 4.69) is 10.6 Å². The van der Waals surface area contributed by atoms with Gasteiger partial charge in [-0.3, -0.25) is 4.79 Å². The number of Topliss-reactive ketones (excluding diaryl/α,β-unsaturated/α-hetero) is 1. The lowest BCUT2D eigenvalue weighted by molar-refractivity contribution is -0.123. The summed E-state index contributed by atoms with van der Waals surface area (Å²) in [6.07, 6.45) is 2.69. The van der Waals surface area contributed by atoms with Gasteiger partial charge in [0.15, 0.2) is 5.78 Å². The summed E-state index contributed by atoms with van der Waals surface area (Å²) in [6, 6.07) is 0. The first-order valence-corrected chi connectivity index (χ1v) is 4.33. The van der Waals surface area contributed by atoms with Crippen molar-refractivity contribution in [2.24, 2.45) is 0 Å². The Labute approximate surface area is 66.5 Å². The summed E-state index contributed by atoms with van der Waals surface area (Å²) in [4.78, 5) is 11.5. The average molecular weight is 154 g/mol. The average Bonchev–Trinajstić information content (AvgIpc) is 2.36. The van der Waals surface area contributed by atoms with E-state index in [1.165, 1.54) is 0 Å². The molecule has 0 atom stereocenters. The van der Waals surface area contributed by atoms with Crippen LogP contribution in [-0.2, 0) is 4.79 Å². The van der Waals surface area contributed by atoms with Gasteiger partial charge in [-0.2, -0.15) is 0 Å². The first kappa shape index (κ1) is 7.25. The molecule has 2 aliphatic heterocycles. The molecule has 0 radical (unpaired) electrons. The summed E-state index contributed by atoms with van der Waals surface area (Å²) >= 11 is 0. The number of rotatable bonds is 0. The van der Waals surface area contributed by atoms with E-state index in [9.17, 15) is 4.79 Å². The minimum Gasteiger partial charge on any atom is -0.317 e. The summed E-state index contributed by atoms with van der Waals surface area (Å²) in [5.41, 5.74) is -0.120. The van der Waals surface area contributed by atoms with Gasteiger partial charge in [0.1, 0.15) is 0 Å². The Hall–Kier alpha value is -0.410. The molecule has 11 heavy (non-hydrogen) atoms. The molecule has 2 aliphatic rings. The van der Waals surface area contributed by atoms with Gasteiger partial charge >= 0.3 is 0 Å². The largest absolute Gasteiger partial charge is 0.317 e. The number of carbonyl (C=O) groups excluding carboxylic acids is 1. The number of nitrogens with one attached hydrogen (secondary N) is 2. The highest BCUT2D eigenvalue weighted by atomic mass is 16.1. The van der Waals surface area contributed by atoms with Crippen LogP contribution in [0.5, 0.6) is 0 Å². The van der Waals surface area contributed by atoms with E-state index in [1.54, 1.807) is 0 Å². The summed E-state index contributed by atoms with van der Waals surface area (Å²) in [6.45, 7) is 2.86. The summed E-state index contributed by atoms with van der Waals surface area (Å²) in [5.74, 6) is 0.430. The minimum atomic E-state index is -0.120. The Morgan fingerprint density at radius 3 is 2.45 bits per heavy atom. The Kier molecular flexibility index (Phi) is 1.69. The molecule has 2 rings (SSSR count). The third kappa shape index (κ3) is 1.08. The molecule has 0 aromatic heterocycles. The van der Waals surface area contributed by atoms with Crippen molar-refractivity contribution in [2.45, 2.75) is 24.8 Å². The van der Waals surface area contributed by atoms with Crippen LogP contribution < -0.4 is 10.6 Å². The highest BCUT2D eigenvalue weighted by molar-refractivity contribution is 5.90. The van der Waals surface area contributed by atoms with Crippen molar-refractivity contribution in [1.29, 1.82) is 0 Å². The smallest absolute Gasteiger partial charge is 0.154 e. The van der Waals surface area contributed by atoms with Crippen molar-refractivity contribution < 1.29 is 4.79 Å². The van der Waals surface area contributed by atoms with Gasteiger partial charge in [0, 0.05) is 13.0 Å². The first-order valence-electron chi connectivity index (χ1n) is 4.33. The van der Waals surface area contributed by atoms with Crippen LogP contribution in [0.25, 0.3) is 0 Å². The summed E-state index contributed by atoms with van der Waals surface area (Å²) in [7, 11) is 0. The molecule has 0 aliphatic carbocycles. The quantitative estimate of drug-likeness (QED) is 0.502. The van der Waals surface area contributed by atoms with E-state index in [0.717, 1.165) is 38.9 Å². The van der Waals surface area contributed by atoms with E-state index in [1.807, 2.05) is 0 Å². The third-order valence-electron chi connectivity index (χ3n) is 2.81. The molecule has 0 amide bonds. The molecule has 0 unspecified atom stereocenters. The molecule has 3 heteroatoms. The molecule has 3 nitrogen and oxygen atoms in total. The molecule has 2 saturated heterocycles. The predicted molar refractivity (Wildman–Crippen MR) is 42.5 cm³/mol. The van der Waals surface area contributed by atoms with Crippen LogP contribution in [0.4, 0.5) is 0 Å². The topological polar surface area (TPSA) is 41.1 Å². The predicted octanol–water partition coefficient (Wildman–Crippen LogP) is -0.329. The van der Waals surface area contributed by atoms with Crippen molar-refractivity contribution in [2.75, 3.05) is 19.6 Å². The SMILES string of the molecule is O=C1CCNC12CCNCC2. The molecule has 2 fully saturated rings. The van der Waals surface area contributed by atoms with E-state index in [-0.39, 0.29) is 5.54 Å². The van der Waals surface area contributed by atoms with Crippen molar-refractivity contribution in [3.05, 3.63) is 0 Å². The van der Waals surface area contributed by atoms with Crippen LogP contribution in [-0.4, -0.2) is 31.0 Å². The molecule has 0 bridgehead atoms. The molecule has 62 valence electrons. The van der Waals surface area contributed by atoms with Gasteiger partial charge in [0.2, 0.25) is 0 Å². The molecule has 2 N–H and O–H groups in total. The fourth-order valence-electron chi connectivity index (χ4n) is 2.06. The van der Waals surface area contributed by atoms with Gasteiger partial charge in [-0.05, 0) is 25.9 Å². The van der Waals surface area contributed by atoms with E-state index in [0.29, 0.717) is 5.78 Å². The summed E-state index contributed by atoms with van der Waals surface area (Å²) < 4.78 is 0. The van der Waals surface area contributed by atoms with Gasteiger partial charge < -0.3 is 10.6 Å². The maximum Gasteiger partial charge on any atom is 0.154 e. The Bertz CT molecular complexity index is 173. The maximum atomic E-state index is 11.5. The third-order valence-corrected chi connectivity index (χ3v) is 2.81. The molecule has 0 saturated carbocycles. The van der Waals surface area contributed by atoms with Gasteiger partial charge in [-0.25, -0.2) is 0 Å². The summed E-state index contributed by atoms with van der Waals surface area (Å²) in [5, 5.41) is 6.60. The molecule has 0 aromatic rings. The molecular formula is C8H14N2O. The Morgan fingerprint density at radius 2 is 1.91 bits per heavy atom. The van der Waals surface area contributed by atoms with Gasteiger partial charge in [0.05, 0.1) is 5.54 Å². The van der Waals surface area contributed by atoms with Gasteiger partial charge in [0.25, 0.3) is 0 Å². The highest BCUT2D eigenvalue weighted by Gasteiger charge is 2.41. The standard InChI is InChI=1S/C8H14N2O/c11-7-1-4-10-8(7)2-5-9-6-3-8/h9-10H,1-6H2.